The molecule has 0 spiro atoms. The third-order valence-corrected chi connectivity index (χ3v) is 5.21. The first-order valence-corrected chi connectivity index (χ1v) is 7.72. The van der Waals surface area contributed by atoms with Gasteiger partial charge in [0.05, 0.1) is 10.6 Å². The van der Waals surface area contributed by atoms with Gasteiger partial charge in [0.25, 0.3) is 5.91 Å². The van der Waals surface area contributed by atoms with Crippen molar-refractivity contribution < 1.29 is 18.4 Å². The molecule has 2 aliphatic rings. The number of fused-ring (bicyclic) bond motifs is 3. The predicted molar refractivity (Wildman–Crippen MR) is 82.1 cm³/mol. The number of nitrogens with one attached hydrogen (secondary N) is 2. The van der Waals surface area contributed by atoms with Gasteiger partial charge in [-0.2, -0.15) is 0 Å². The van der Waals surface area contributed by atoms with Gasteiger partial charge in [-0.05, 0) is 31.3 Å². The van der Waals surface area contributed by atoms with Gasteiger partial charge in [-0.3, -0.25) is 9.69 Å². The molecule has 22 heavy (non-hydrogen) atoms. The van der Waals surface area contributed by atoms with E-state index in [-0.39, 0.29) is 23.0 Å². The summed E-state index contributed by atoms with van der Waals surface area (Å²) < 4.78 is 26.7. The van der Waals surface area contributed by atoms with Crippen LogP contribution in [0.5, 0.6) is 0 Å². The lowest BCUT2D eigenvalue weighted by Gasteiger charge is -2.12. The standard InChI is InChI=1S/C12H14N4O4S.ClH/c1-13-21(19,20)9-3-6-10(14-12(17)11(6)15-18)8-5-16(2)4-7(8)9;/h3,13,18H,4-5H2,1-2H3,(H,14,15,17);1H. The zero-order valence-electron chi connectivity index (χ0n) is 11.9. The van der Waals surface area contributed by atoms with Crippen molar-refractivity contribution in [3.05, 3.63) is 22.8 Å². The summed E-state index contributed by atoms with van der Waals surface area (Å²) in [5.74, 6) is -0.539. The van der Waals surface area contributed by atoms with Crippen LogP contribution in [0.2, 0.25) is 0 Å². The molecule has 1 aromatic carbocycles. The van der Waals surface area contributed by atoms with E-state index in [1.54, 1.807) is 0 Å². The van der Waals surface area contributed by atoms with Crippen molar-refractivity contribution >= 4 is 39.7 Å². The molecule has 120 valence electrons. The molecule has 2 heterocycles. The smallest absolute Gasteiger partial charge is 0.278 e. The van der Waals surface area contributed by atoms with Gasteiger partial charge in [-0.15, -0.1) is 12.4 Å². The Bertz CT molecular complexity index is 791. The van der Waals surface area contributed by atoms with Gasteiger partial charge in [-0.1, -0.05) is 5.16 Å². The number of hydrogen-bond acceptors (Lipinski definition) is 6. The van der Waals surface area contributed by atoms with E-state index in [1.165, 1.54) is 13.1 Å². The molecule has 8 nitrogen and oxygen atoms in total. The van der Waals surface area contributed by atoms with E-state index < -0.39 is 15.9 Å². The maximum atomic E-state index is 12.2. The number of rotatable bonds is 2. The fourth-order valence-corrected chi connectivity index (χ4v) is 3.77. The molecule has 0 saturated carbocycles. The molecule has 3 rings (SSSR count). The summed E-state index contributed by atoms with van der Waals surface area (Å²) in [6.07, 6.45) is 0. The predicted octanol–water partition coefficient (Wildman–Crippen LogP) is 0.0923. The first-order valence-electron chi connectivity index (χ1n) is 6.23. The zero-order chi connectivity index (χ0) is 15.4. The van der Waals surface area contributed by atoms with Crippen LogP contribution in [0.4, 0.5) is 5.69 Å². The maximum absolute atomic E-state index is 12.2. The van der Waals surface area contributed by atoms with Gasteiger partial charge < -0.3 is 10.5 Å². The monoisotopic (exact) mass is 346 g/mol. The van der Waals surface area contributed by atoms with Crippen molar-refractivity contribution in [2.45, 2.75) is 18.0 Å². The number of anilines is 1. The van der Waals surface area contributed by atoms with E-state index in [4.69, 9.17) is 5.21 Å². The summed E-state index contributed by atoms with van der Waals surface area (Å²) in [5, 5.41) is 14.6. The van der Waals surface area contributed by atoms with E-state index in [9.17, 15) is 13.2 Å². The second-order valence-electron chi connectivity index (χ2n) is 5.04. The second kappa shape index (κ2) is 5.51. The van der Waals surface area contributed by atoms with E-state index in [0.29, 0.717) is 29.9 Å². The van der Waals surface area contributed by atoms with Crippen molar-refractivity contribution in [2.75, 3.05) is 19.4 Å². The summed E-state index contributed by atoms with van der Waals surface area (Å²) in [4.78, 5) is 13.8. The van der Waals surface area contributed by atoms with Gasteiger partial charge >= 0.3 is 0 Å². The van der Waals surface area contributed by atoms with Crippen LogP contribution in [0, 0.1) is 0 Å². The molecule has 1 amide bonds. The van der Waals surface area contributed by atoms with Crippen molar-refractivity contribution in [1.29, 1.82) is 0 Å². The Morgan fingerprint density at radius 2 is 2.00 bits per heavy atom. The van der Waals surface area contributed by atoms with Gasteiger partial charge in [0.15, 0.2) is 5.71 Å². The minimum atomic E-state index is -3.67. The molecule has 0 aromatic heterocycles. The summed E-state index contributed by atoms with van der Waals surface area (Å²) in [6.45, 7) is 0.990. The zero-order valence-corrected chi connectivity index (χ0v) is 13.5. The Morgan fingerprint density at radius 3 is 2.59 bits per heavy atom. The normalized spacial score (nSPS) is 18.8. The molecule has 0 radical (unpaired) electrons. The Labute approximate surface area is 133 Å². The summed E-state index contributed by atoms with van der Waals surface area (Å²) in [7, 11) is -0.477. The Balaban J connectivity index is 0.00000176. The Kier molecular flexibility index (Phi) is 4.18. The van der Waals surface area contributed by atoms with Crippen molar-refractivity contribution in [1.82, 2.24) is 9.62 Å². The number of benzene rings is 1. The van der Waals surface area contributed by atoms with E-state index >= 15 is 0 Å². The van der Waals surface area contributed by atoms with Crippen LogP contribution in [0.1, 0.15) is 16.7 Å². The number of sulfonamides is 1. The fourth-order valence-electron chi connectivity index (χ4n) is 2.77. The largest absolute Gasteiger partial charge is 0.410 e. The van der Waals surface area contributed by atoms with Gasteiger partial charge in [0, 0.05) is 18.7 Å². The molecule has 0 atom stereocenters. The molecule has 10 heteroatoms. The van der Waals surface area contributed by atoms with Crippen molar-refractivity contribution in [3.63, 3.8) is 0 Å². The Hall–Kier alpha value is -1.68. The lowest BCUT2D eigenvalue weighted by atomic mass is 10.0. The lowest BCUT2D eigenvalue weighted by Crippen LogP contribution is -2.21. The topological polar surface area (TPSA) is 111 Å². The molecular weight excluding hydrogens is 332 g/mol. The average molecular weight is 347 g/mol. The number of halogens is 1. The maximum Gasteiger partial charge on any atom is 0.278 e. The fraction of sp³-hybridized carbons (Fsp3) is 0.333. The first kappa shape index (κ1) is 16.7. The van der Waals surface area contributed by atoms with Crippen LogP contribution < -0.4 is 10.0 Å². The van der Waals surface area contributed by atoms with Crippen molar-refractivity contribution in [2.24, 2.45) is 5.16 Å². The van der Waals surface area contributed by atoms with Crippen LogP contribution in [-0.4, -0.2) is 44.2 Å². The van der Waals surface area contributed by atoms with Crippen molar-refractivity contribution in [3.8, 4) is 0 Å². The van der Waals surface area contributed by atoms with Crippen LogP contribution in [-0.2, 0) is 27.9 Å². The third kappa shape index (κ3) is 2.26. The number of carbonyl (C=O) groups excluding carboxylic acids is 1. The van der Waals surface area contributed by atoms with Gasteiger partial charge in [-0.25, -0.2) is 13.1 Å². The highest BCUT2D eigenvalue weighted by Crippen LogP contribution is 2.39. The Morgan fingerprint density at radius 1 is 1.36 bits per heavy atom. The van der Waals surface area contributed by atoms with Crippen LogP contribution in [0.3, 0.4) is 0 Å². The van der Waals surface area contributed by atoms with Crippen LogP contribution >= 0.6 is 12.4 Å². The van der Waals surface area contributed by atoms with E-state index in [2.05, 4.69) is 15.2 Å². The number of nitrogens with zero attached hydrogens (tertiary/aromatic N) is 2. The first-order chi connectivity index (χ1) is 9.89. The lowest BCUT2D eigenvalue weighted by molar-refractivity contribution is -0.110. The molecule has 0 unspecified atom stereocenters. The van der Waals surface area contributed by atoms with Crippen LogP contribution in [0.15, 0.2) is 16.1 Å². The average Bonchev–Trinajstić information content (AvgIpc) is 2.96. The summed E-state index contributed by atoms with van der Waals surface area (Å²) >= 11 is 0. The van der Waals surface area contributed by atoms with Crippen LogP contribution in [0.25, 0.3) is 0 Å². The molecule has 1 aromatic rings. The number of carbonyl (C=O) groups is 1. The van der Waals surface area contributed by atoms with Gasteiger partial charge in [0.1, 0.15) is 0 Å². The SMILES string of the molecule is CNS(=O)(=O)c1cc2c(c3c1CN(C)C3)NC(=O)/C2=N\O.Cl. The third-order valence-electron chi connectivity index (χ3n) is 3.73. The minimum Gasteiger partial charge on any atom is -0.410 e. The minimum absolute atomic E-state index is 0. The van der Waals surface area contributed by atoms with Gasteiger partial charge in [0.2, 0.25) is 10.0 Å². The highest BCUT2D eigenvalue weighted by molar-refractivity contribution is 7.89. The summed E-state index contributed by atoms with van der Waals surface area (Å²) in [5.41, 5.74) is 2.07. The summed E-state index contributed by atoms with van der Waals surface area (Å²) in [6, 6.07) is 1.38. The van der Waals surface area contributed by atoms with E-state index in [0.717, 1.165) is 5.56 Å². The quantitative estimate of drug-likeness (QED) is 0.519. The number of oxime groups is 1. The second-order valence-corrected chi connectivity index (χ2v) is 6.89. The molecule has 0 saturated heterocycles. The molecule has 2 aliphatic heterocycles. The highest BCUT2D eigenvalue weighted by Gasteiger charge is 2.36. The molecule has 0 bridgehead atoms. The number of hydrogen-bond donors (Lipinski definition) is 3. The molecule has 3 N–H and O–H groups in total. The number of amides is 1. The highest BCUT2D eigenvalue weighted by atomic mass is 35.5. The molecular formula is C12H15ClN4O4S. The van der Waals surface area contributed by atoms with E-state index in [1.807, 2.05) is 11.9 Å². The molecule has 0 fully saturated rings. The molecule has 0 aliphatic carbocycles.